The molecule has 0 fully saturated rings. The lowest BCUT2D eigenvalue weighted by Crippen LogP contribution is -1.98. The van der Waals surface area contributed by atoms with Crippen LogP contribution in [-0.4, -0.2) is 16.9 Å². The van der Waals surface area contributed by atoms with E-state index in [1.54, 1.807) is 6.07 Å². The summed E-state index contributed by atoms with van der Waals surface area (Å²) in [4.78, 5) is 22.2. The van der Waals surface area contributed by atoms with Crippen molar-refractivity contribution in [2.45, 2.75) is 0 Å². The minimum atomic E-state index is -1.22. The Morgan fingerprint density at radius 1 is 1.00 bits per heavy atom. The minimum absolute atomic E-state index is 0.0701. The Labute approximate surface area is 97.8 Å². The van der Waals surface area contributed by atoms with Crippen molar-refractivity contribution < 1.29 is 23.5 Å². The fourth-order valence-electron chi connectivity index (χ4n) is 1.13. The van der Waals surface area contributed by atoms with Crippen LogP contribution in [-0.2, 0) is 0 Å². The lowest BCUT2D eigenvalue weighted by molar-refractivity contribution is 0.0660. The summed E-state index contributed by atoms with van der Waals surface area (Å²) >= 11 is 3.06. The number of carboxylic acids is 1. The molecule has 0 radical (unpaired) electrons. The maximum atomic E-state index is 11.7. The smallest absolute Gasteiger partial charge is 0.371 e. The first kappa shape index (κ1) is 10.7. The van der Waals surface area contributed by atoms with E-state index in [-0.39, 0.29) is 17.3 Å². The minimum Gasteiger partial charge on any atom is -0.475 e. The first-order valence-corrected chi connectivity index (χ1v) is 5.00. The molecule has 0 aliphatic carbocycles. The maximum absolute atomic E-state index is 11.7. The highest BCUT2D eigenvalue weighted by Crippen LogP contribution is 2.18. The van der Waals surface area contributed by atoms with Crippen molar-refractivity contribution in [3.05, 3.63) is 46.2 Å². The Morgan fingerprint density at radius 2 is 1.56 bits per heavy atom. The molecule has 2 aromatic rings. The third kappa shape index (κ3) is 1.92. The van der Waals surface area contributed by atoms with Gasteiger partial charge < -0.3 is 13.9 Å². The molecule has 2 heterocycles. The zero-order chi connectivity index (χ0) is 11.7. The predicted octanol–water partition coefficient (Wildman–Crippen LogP) is 2.56. The van der Waals surface area contributed by atoms with Crippen LogP contribution in [0.5, 0.6) is 0 Å². The van der Waals surface area contributed by atoms with E-state index in [1.807, 2.05) is 0 Å². The summed E-state index contributed by atoms with van der Waals surface area (Å²) < 4.78 is 10.3. The lowest BCUT2D eigenvalue weighted by atomic mass is 10.2. The molecule has 0 amide bonds. The maximum Gasteiger partial charge on any atom is 0.371 e. The Hall–Kier alpha value is -1.82. The molecule has 2 rings (SSSR count). The molecule has 82 valence electrons. The number of carbonyl (C=O) groups is 2. The van der Waals surface area contributed by atoms with Crippen molar-refractivity contribution >= 4 is 27.7 Å². The van der Waals surface area contributed by atoms with Crippen molar-refractivity contribution in [2.75, 3.05) is 0 Å². The van der Waals surface area contributed by atoms with Crippen LogP contribution >= 0.6 is 15.9 Å². The van der Waals surface area contributed by atoms with E-state index in [4.69, 9.17) is 13.9 Å². The van der Waals surface area contributed by atoms with Gasteiger partial charge in [0.25, 0.3) is 5.78 Å². The molecule has 0 aromatic carbocycles. The first-order valence-electron chi connectivity index (χ1n) is 4.21. The van der Waals surface area contributed by atoms with Gasteiger partial charge in [-0.05, 0) is 40.2 Å². The molecule has 0 saturated carbocycles. The highest BCUT2D eigenvalue weighted by Gasteiger charge is 2.19. The Kier molecular flexibility index (Phi) is 2.66. The number of ketones is 1. The summed E-state index contributed by atoms with van der Waals surface area (Å²) in [6.07, 6.45) is 0. The number of furan rings is 2. The number of halogens is 1. The second kappa shape index (κ2) is 3.97. The molecule has 0 aliphatic heterocycles. The van der Waals surface area contributed by atoms with Crippen molar-refractivity contribution in [1.82, 2.24) is 0 Å². The molecular formula is C10H5BrO5. The summed E-state index contributed by atoms with van der Waals surface area (Å²) in [6.45, 7) is 0. The SMILES string of the molecule is O=C(O)c1ccc(C(=O)c2ccc(Br)o2)o1. The number of hydrogen-bond acceptors (Lipinski definition) is 4. The molecule has 6 heteroatoms. The molecular weight excluding hydrogens is 280 g/mol. The molecule has 0 aliphatic rings. The average molecular weight is 285 g/mol. The normalized spacial score (nSPS) is 10.3. The average Bonchev–Trinajstić information content (AvgIpc) is 2.84. The Morgan fingerprint density at radius 3 is 2.06 bits per heavy atom. The molecule has 0 saturated heterocycles. The van der Waals surface area contributed by atoms with Crippen LogP contribution < -0.4 is 0 Å². The summed E-state index contributed by atoms with van der Waals surface area (Å²) in [5, 5.41) is 8.62. The molecule has 1 N–H and O–H groups in total. The van der Waals surface area contributed by atoms with E-state index in [1.165, 1.54) is 18.2 Å². The Balaban J connectivity index is 2.30. The highest BCUT2D eigenvalue weighted by atomic mass is 79.9. The van der Waals surface area contributed by atoms with E-state index < -0.39 is 11.8 Å². The summed E-state index contributed by atoms with van der Waals surface area (Å²) in [6, 6.07) is 5.54. The standard InChI is InChI=1S/C10H5BrO5/c11-8-4-3-6(16-8)9(12)5-1-2-7(15-5)10(13)14/h1-4H,(H,13,14). The van der Waals surface area contributed by atoms with Gasteiger partial charge in [-0.15, -0.1) is 0 Å². The largest absolute Gasteiger partial charge is 0.475 e. The van der Waals surface area contributed by atoms with Crippen molar-refractivity contribution in [3.63, 3.8) is 0 Å². The fourth-order valence-corrected chi connectivity index (χ4v) is 1.44. The second-order valence-corrected chi connectivity index (χ2v) is 3.68. The summed E-state index contributed by atoms with van der Waals surface area (Å²) in [5.41, 5.74) is 0. The molecule has 0 unspecified atom stereocenters. The molecule has 2 aromatic heterocycles. The van der Waals surface area contributed by atoms with Crippen LogP contribution in [0.25, 0.3) is 0 Å². The van der Waals surface area contributed by atoms with Crippen molar-refractivity contribution in [3.8, 4) is 0 Å². The molecule has 5 nitrogen and oxygen atoms in total. The van der Waals surface area contributed by atoms with Gasteiger partial charge in [0.05, 0.1) is 0 Å². The predicted molar refractivity (Wildman–Crippen MR) is 55.5 cm³/mol. The van der Waals surface area contributed by atoms with Crippen LogP contribution in [0.15, 0.2) is 37.8 Å². The third-order valence-corrected chi connectivity index (χ3v) is 2.26. The summed E-state index contributed by atoms with van der Waals surface area (Å²) in [5.74, 6) is -2.00. The number of carbonyl (C=O) groups excluding carboxylic acids is 1. The number of rotatable bonds is 3. The van der Waals surface area contributed by atoms with Crippen LogP contribution in [0, 0.1) is 0 Å². The van der Waals surface area contributed by atoms with Gasteiger partial charge in [0, 0.05) is 0 Å². The van der Waals surface area contributed by atoms with Crippen molar-refractivity contribution in [1.29, 1.82) is 0 Å². The molecule has 0 bridgehead atoms. The number of aromatic carboxylic acids is 1. The zero-order valence-electron chi connectivity index (χ0n) is 7.77. The quantitative estimate of drug-likeness (QED) is 0.876. The van der Waals surface area contributed by atoms with Gasteiger partial charge in [-0.1, -0.05) is 0 Å². The topological polar surface area (TPSA) is 80.6 Å². The van der Waals surface area contributed by atoms with Gasteiger partial charge in [0.15, 0.2) is 16.2 Å². The molecule has 16 heavy (non-hydrogen) atoms. The third-order valence-electron chi connectivity index (χ3n) is 1.84. The van der Waals surface area contributed by atoms with Gasteiger partial charge in [-0.3, -0.25) is 4.79 Å². The second-order valence-electron chi connectivity index (χ2n) is 2.90. The first-order chi connectivity index (χ1) is 7.58. The van der Waals surface area contributed by atoms with Crippen LogP contribution in [0.4, 0.5) is 0 Å². The van der Waals surface area contributed by atoms with Crippen LogP contribution in [0.3, 0.4) is 0 Å². The van der Waals surface area contributed by atoms with E-state index in [0.717, 1.165) is 0 Å². The van der Waals surface area contributed by atoms with Gasteiger partial charge in [-0.2, -0.15) is 0 Å². The summed E-state index contributed by atoms with van der Waals surface area (Å²) in [7, 11) is 0. The monoisotopic (exact) mass is 284 g/mol. The van der Waals surface area contributed by atoms with E-state index in [2.05, 4.69) is 15.9 Å². The van der Waals surface area contributed by atoms with Crippen molar-refractivity contribution in [2.24, 2.45) is 0 Å². The van der Waals surface area contributed by atoms with Gasteiger partial charge in [0.1, 0.15) is 0 Å². The fraction of sp³-hybridized carbons (Fsp3) is 0. The highest BCUT2D eigenvalue weighted by molar-refractivity contribution is 9.10. The number of carboxylic acid groups (broad SMARTS) is 1. The van der Waals surface area contributed by atoms with E-state index in [0.29, 0.717) is 4.67 Å². The van der Waals surface area contributed by atoms with Gasteiger partial charge >= 0.3 is 5.97 Å². The van der Waals surface area contributed by atoms with Gasteiger partial charge in [0.2, 0.25) is 5.76 Å². The van der Waals surface area contributed by atoms with Crippen LogP contribution in [0.2, 0.25) is 0 Å². The van der Waals surface area contributed by atoms with E-state index in [9.17, 15) is 9.59 Å². The van der Waals surface area contributed by atoms with Crippen LogP contribution in [0.1, 0.15) is 26.9 Å². The Bertz CT molecular complexity index is 551. The van der Waals surface area contributed by atoms with E-state index >= 15 is 0 Å². The molecule has 0 spiro atoms. The lowest BCUT2D eigenvalue weighted by Gasteiger charge is -1.91. The molecule has 0 atom stereocenters. The number of hydrogen-bond donors (Lipinski definition) is 1. The van der Waals surface area contributed by atoms with Gasteiger partial charge in [-0.25, -0.2) is 4.79 Å². The zero-order valence-corrected chi connectivity index (χ0v) is 9.35.